The van der Waals surface area contributed by atoms with Crippen LogP contribution in [-0.4, -0.2) is 41.5 Å². The highest BCUT2D eigenvalue weighted by Crippen LogP contribution is 2.39. The summed E-state index contributed by atoms with van der Waals surface area (Å²) in [5, 5.41) is 17.8. The first-order chi connectivity index (χ1) is 15.1. The highest BCUT2D eigenvalue weighted by Gasteiger charge is 2.39. The molecule has 0 atom stereocenters. The van der Waals surface area contributed by atoms with E-state index < -0.39 is 0 Å². The molecule has 0 saturated carbocycles. The lowest BCUT2D eigenvalue weighted by Gasteiger charge is -2.48. The number of dihydropyridines is 1. The first-order valence-electron chi connectivity index (χ1n) is 11.0. The van der Waals surface area contributed by atoms with Crippen molar-refractivity contribution in [2.75, 3.05) is 19.1 Å². The van der Waals surface area contributed by atoms with Gasteiger partial charge in [-0.05, 0) is 69.9 Å². The van der Waals surface area contributed by atoms with Crippen molar-refractivity contribution < 1.29 is 4.74 Å². The van der Waals surface area contributed by atoms with Gasteiger partial charge in [0.2, 0.25) is 5.13 Å². The number of allylic oxidation sites excluding steroid dienone is 3. The van der Waals surface area contributed by atoms with Gasteiger partial charge < -0.3 is 20.3 Å². The molecular formula is C25H33N5OS. The molecule has 2 N–H and O–H groups in total. The zero-order valence-electron chi connectivity index (χ0n) is 19.8. The average molecular weight is 452 g/mol. The van der Waals surface area contributed by atoms with Crippen LogP contribution in [0.25, 0.3) is 16.1 Å². The second-order valence-corrected chi connectivity index (χ2v) is 10.9. The summed E-state index contributed by atoms with van der Waals surface area (Å²) in [7, 11) is 3.83. The molecule has 1 saturated heterocycles. The van der Waals surface area contributed by atoms with E-state index in [1.807, 2.05) is 24.4 Å². The lowest BCUT2D eigenvalue weighted by molar-refractivity contribution is 0.161. The van der Waals surface area contributed by atoms with Crippen molar-refractivity contribution >= 4 is 22.0 Å². The van der Waals surface area contributed by atoms with Gasteiger partial charge in [0.25, 0.3) is 0 Å². The Morgan fingerprint density at radius 3 is 2.47 bits per heavy atom. The third kappa shape index (κ3) is 4.74. The number of piperidine rings is 1. The van der Waals surface area contributed by atoms with Gasteiger partial charge in [-0.2, -0.15) is 0 Å². The predicted octanol–water partition coefficient (Wildman–Crippen LogP) is 4.97. The van der Waals surface area contributed by atoms with Crippen LogP contribution in [0.3, 0.4) is 0 Å². The maximum atomic E-state index is 5.72. The van der Waals surface area contributed by atoms with E-state index in [1.165, 1.54) is 0 Å². The molecule has 32 heavy (non-hydrogen) atoms. The second-order valence-electron chi connectivity index (χ2n) is 9.97. The third-order valence-corrected chi connectivity index (χ3v) is 7.12. The average Bonchev–Trinajstić information content (AvgIpc) is 3.21. The third-order valence-electron chi connectivity index (χ3n) is 6.07. The summed E-state index contributed by atoms with van der Waals surface area (Å²) < 4.78 is 5.72. The predicted molar refractivity (Wildman–Crippen MR) is 134 cm³/mol. The molecule has 6 nitrogen and oxygen atoms in total. The van der Waals surface area contributed by atoms with Crippen molar-refractivity contribution in [3.05, 3.63) is 54.4 Å². The minimum absolute atomic E-state index is 0.0801. The number of rotatable bonds is 5. The van der Waals surface area contributed by atoms with Crippen molar-refractivity contribution in [1.29, 1.82) is 0 Å². The van der Waals surface area contributed by atoms with E-state index in [4.69, 9.17) is 4.74 Å². The minimum Gasteiger partial charge on any atom is -0.496 e. The molecule has 0 amide bonds. The molecule has 0 aliphatic carbocycles. The summed E-state index contributed by atoms with van der Waals surface area (Å²) >= 11 is 1.61. The zero-order valence-corrected chi connectivity index (χ0v) is 20.6. The first kappa shape index (κ1) is 22.6. The molecular weight excluding hydrogens is 418 g/mol. The van der Waals surface area contributed by atoms with Gasteiger partial charge >= 0.3 is 0 Å². The summed E-state index contributed by atoms with van der Waals surface area (Å²) in [4.78, 5) is 2.29. The minimum atomic E-state index is 0.0801. The van der Waals surface area contributed by atoms with Gasteiger partial charge in [-0.15, -0.1) is 10.2 Å². The number of methoxy groups -OCH3 is 1. The fourth-order valence-corrected chi connectivity index (χ4v) is 5.76. The van der Waals surface area contributed by atoms with Crippen molar-refractivity contribution in [1.82, 2.24) is 20.8 Å². The van der Waals surface area contributed by atoms with E-state index >= 15 is 0 Å². The second kappa shape index (κ2) is 8.37. The number of aromatic nitrogens is 2. The Balaban J connectivity index is 1.58. The Labute approximate surface area is 195 Å². The zero-order chi connectivity index (χ0) is 23.1. The molecule has 1 aromatic carbocycles. The molecule has 7 heteroatoms. The normalized spacial score (nSPS) is 19.9. The first-order valence-corrected chi connectivity index (χ1v) is 11.8. The van der Waals surface area contributed by atoms with Crippen molar-refractivity contribution in [3.8, 4) is 16.3 Å². The SMILES string of the molecule is C=C1C=CC(c2ccc(-c3nnc(N(C)C4CC(C)(C)NC(C)(C)C4)s3)c(OC)c2)=CN1. The quantitative estimate of drug-likeness (QED) is 0.669. The largest absolute Gasteiger partial charge is 0.496 e. The number of nitrogens with one attached hydrogen (secondary N) is 2. The molecule has 2 aliphatic heterocycles. The van der Waals surface area contributed by atoms with Crippen LogP contribution >= 0.6 is 11.3 Å². The Morgan fingerprint density at radius 2 is 1.84 bits per heavy atom. The maximum absolute atomic E-state index is 5.72. The highest BCUT2D eigenvalue weighted by molar-refractivity contribution is 7.18. The molecule has 1 fully saturated rings. The van der Waals surface area contributed by atoms with Gasteiger partial charge in [-0.3, -0.25) is 0 Å². The maximum Gasteiger partial charge on any atom is 0.208 e. The molecule has 2 aromatic rings. The van der Waals surface area contributed by atoms with Gasteiger partial charge in [0.05, 0.1) is 12.7 Å². The molecule has 0 bridgehead atoms. The van der Waals surface area contributed by atoms with Crippen molar-refractivity contribution in [2.45, 2.75) is 57.7 Å². The topological polar surface area (TPSA) is 62.3 Å². The smallest absolute Gasteiger partial charge is 0.208 e. The van der Waals surface area contributed by atoms with Gasteiger partial charge in [-0.1, -0.05) is 30.1 Å². The van der Waals surface area contributed by atoms with Crippen LogP contribution in [0.4, 0.5) is 5.13 Å². The van der Waals surface area contributed by atoms with Crippen LogP contribution in [0.5, 0.6) is 5.75 Å². The van der Waals surface area contributed by atoms with E-state index in [2.05, 4.69) is 79.2 Å². The number of nitrogens with zero attached hydrogens (tertiary/aromatic N) is 3. The van der Waals surface area contributed by atoms with Crippen molar-refractivity contribution in [2.24, 2.45) is 0 Å². The molecule has 1 aromatic heterocycles. The van der Waals surface area contributed by atoms with E-state index in [0.29, 0.717) is 6.04 Å². The molecule has 0 unspecified atom stereocenters. The summed E-state index contributed by atoms with van der Waals surface area (Å²) in [5.74, 6) is 0.788. The van der Waals surface area contributed by atoms with Crippen LogP contribution < -0.4 is 20.3 Å². The standard InChI is InChI=1S/C25H33N5OS/c1-16-8-9-18(15-26-16)17-10-11-20(21(12-17)31-7)22-27-28-23(32-22)30(6)19-13-24(2,3)29-25(4,5)14-19/h8-12,15,19,26,29H,1,13-14H2,2-7H3. The number of benzene rings is 1. The fraction of sp³-hybridized carbons (Fsp3) is 0.440. The molecule has 4 rings (SSSR count). The van der Waals surface area contributed by atoms with E-state index in [1.54, 1.807) is 18.4 Å². The van der Waals surface area contributed by atoms with Crippen LogP contribution in [0.15, 0.2) is 48.8 Å². The number of hydrogen-bond donors (Lipinski definition) is 2. The lowest BCUT2D eigenvalue weighted by atomic mass is 9.79. The Hall–Kier alpha value is -2.64. The van der Waals surface area contributed by atoms with Gasteiger partial charge in [0.15, 0.2) is 5.01 Å². The molecule has 2 aliphatic rings. The fourth-order valence-electron chi connectivity index (χ4n) is 4.85. The lowest BCUT2D eigenvalue weighted by Crippen LogP contribution is -2.61. The molecule has 0 radical (unpaired) electrons. The summed E-state index contributed by atoms with van der Waals surface area (Å²) in [6.07, 6.45) is 8.09. The van der Waals surface area contributed by atoms with Crippen LogP contribution in [0, 0.1) is 0 Å². The summed E-state index contributed by atoms with van der Waals surface area (Å²) in [6.45, 7) is 13.0. The van der Waals surface area contributed by atoms with E-state index in [-0.39, 0.29) is 11.1 Å². The Morgan fingerprint density at radius 1 is 1.12 bits per heavy atom. The number of hydrogen-bond acceptors (Lipinski definition) is 7. The summed E-state index contributed by atoms with van der Waals surface area (Å²) in [6, 6.07) is 6.60. The molecule has 170 valence electrons. The Kier molecular flexibility index (Phi) is 5.90. The van der Waals surface area contributed by atoms with E-state index in [9.17, 15) is 0 Å². The van der Waals surface area contributed by atoms with Crippen molar-refractivity contribution in [3.63, 3.8) is 0 Å². The number of anilines is 1. The molecule has 0 spiro atoms. The monoisotopic (exact) mass is 451 g/mol. The van der Waals surface area contributed by atoms with Crippen LogP contribution in [0.2, 0.25) is 0 Å². The van der Waals surface area contributed by atoms with Crippen LogP contribution in [-0.2, 0) is 0 Å². The van der Waals surface area contributed by atoms with Gasteiger partial charge in [-0.25, -0.2) is 0 Å². The summed E-state index contributed by atoms with van der Waals surface area (Å²) in [5.41, 5.74) is 4.15. The molecule has 3 heterocycles. The van der Waals surface area contributed by atoms with Gasteiger partial charge in [0.1, 0.15) is 5.75 Å². The van der Waals surface area contributed by atoms with Crippen LogP contribution in [0.1, 0.15) is 46.1 Å². The van der Waals surface area contributed by atoms with E-state index in [0.717, 1.165) is 51.1 Å². The van der Waals surface area contributed by atoms with Gasteiger partial charge in [0, 0.05) is 36.1 Å². The number of ether oxygens (including phenoxy) is 1. The Bertz CT molecular complexity index is 1070. The highest BCUT2D eigenvalue weighted by atomic mass is 32.1.